The molecule has 2 heterocycles. The third-order valence-corrected chi connectivity index (χ3v) is 3.27. The van der Waals surface area contributed by atoms with E-state index in [9.17, 15) is 0 Å². The molecule has 0 radical (unpaired) electrons. The monoisotopic (exact) mass is 349 g/mol. The Morgan fingerprint density at radius 3 is 1.88 bits per heavy atom. The Balaban J connectivity index is 0.000000368. The number of benzene rings is 1. The van der Waals surface area contributed by atoms with Gasteiger partial charge in [-0.25, -0.2) is 18.6 Å². The molecule has 126 valence electrons. The summed E-state index contributed by atoms with van der Waals surface area (Å²) in [5.74, 6) is 0.995. The molecule has 24 heavy (non-hydrogen) atoms. The molecule has 8 heteroatoms. The smallest absolute Gasteiger partial charge is 0.222 e. The van der Waals surface area contributed by atoms with Gasteiger partial charge in [0.1, 0.15) is 11.4 Å². The van der Waals surface area contributed by atoms with E-state index in [4.69, 9.17) is 18.6 Å². The van der Waals surface area contributed by atoms with Crippen molar-refractivity contribution in [2.24, 2.45) is 0 Å². The molecule has 0 aliphatic carbocycles. The van der Waals surface area contributed by atoms with Crippen molar-refractivity contribution >= 4 is 0 Å². The highest BCUT2D eigenvalue weighted by Crippen LogP contribution is 2.20. The summed E-state index contributed by atoms with van der Waals surface area (Å²) in [6.07, 6.45) is 1.77. The Kier molecular flexibility index (Phi) is 5.66. The summed E-state index contributed by atoms with van der Waals surface area (Å²) in [6, 6.07) is 16.8. The number of aromatic amines is 1. The van der Waals surface area contributed by atoms with Gasteiger partial charge in [0, 0.05) is 0 Å². The van der Waals surface area contributed by atoms with Gasteiger partial charge in [-0.1, -0.05) is 35.4 Å². The molecule has 0 aliphatic heterocycles. The van der Waals surface area contributed by atoms with Crippen molar-refractivity contribution in [2.45, 2.75) is 13.8 Å². The molecule has 0 unspecified atom stereocenters. The first kappa shape index (κ1) is 18.1. The van der Waals surface area contributed by atoms with Gasteiger partial charge in [0.25, 0.3) is 0 Å². The van der Waals surface area contributed by atoms with Crippen LogP contribution in [0.2, 0.25) is 0 Å². The zero-order chi connectivity index (χ0) is 17.7. The van der Waals surface area contributed by atoms with Crippen molar-refractivity contribution in [3.63, 3.8) is 0 Å². The highest BCUT2D eigenvalue weighted by molar-refractivity contribution is 5.63. The maximum Gasteiger partial charge on any atom is 0.306 e. The fourth-order valence-corrected chi connectivity index (χ4v) is 2.45. The molecule has 2 aromatic heterocycles. The van der Waals surface area contributed by atoms with E-state index in [1.165, 1.54) is 22.5 Å². The average molecular weight is 350 g/mol. The van der Waals surface area contributed by atoms with Gasteiger partial charge in [-0.2, -0.15) is 4.57 Å². The number of hydrogen-bond acceptors (Lipinski definition) is 5. The number of aryl methyl sites for hydroxylation is 2. The van der Waals surface area contributed by atoms with Crippen LogP contribution in [0.1, 0.15) is 11.4 Å². The van der Waals surface area contributed by atoms with Crippen LogP contribution in [-0.2, 0) is 0 Å². The van der Waals surface area contributed by atoms with Crippen LogP contribution in [0.3, 0.4) is 0 Å². The summed E-state index contributed by atoms with van der Waals surface area (Å²) in [5, 5.41) is 7.02. The zero-order valence-corrected chi connectivity index (χ0v) is 13.9. The second kappa shape index (κ2) is 7.52. The molecule has 0 amide bonds. The molecule has 0 aliphatic rings. The molecule has 3 rings (SSSR count). The Hall–Kier alpha value is -2.29. The lowest BCUT2D eigenvalue weighted by atomic mass is 10.0. The van der Waals surface area contributed by atoms with Crippen LogP contribution in [0.4, 0.5) is 0 Å². The van der Waals surface area contributed by atoms with Crippen molar-refractivity contribution in [1.29, 1.82) is 0 Å². The lowest BCUT2D eigenvalue weighted by Gasteiger charge is -2.17. The molecule has 0 spiro atoms. The quantitative estimate of drug-likeness (QED) is 0.547. The van der Waals surface area contributed by atoms with E-state index in [0.29, 0.717) is 0 Å². The van der Waals surface area contributed by atoms with E-state index in [-0.39, 0.29) is 0 Å². The molecule has 0 saturated carbocycles. The van der Waals surface area contributed by atoms with Crippen LogP contribution in [0, 0.1) is 24.1 Å². The largest absolute Gasteiger partial charge is 0.306 e. The van der Waals surface area contributed by atoms with Crippen molar-refractivity contribution in [3.8, 4) is 16.9 Å². The third-order valence-electron chi connectivity index (χ3n) is 3.27. The number of H-pyrrole nitrogens is 1. The van der Waals surface area contributed by atoms with Crippen LogP contribution in [-0.4, -0.2) is 10.2 Å². The highest BCUT2D eigenvalue weighted by atomic mass is 35.7. The van der Waals surface area contributed by atoms with Gasteiger partial charge in [0.2, 0.25) is 0 Å². The first-order chi connectivity index (χ1) is 11.3. The fraction of sp³-hybridized carbons (Fsp3) is 0.125. The number of aromatic nitrogens is 3. The Labute approximate surface area is 141 Å². The summed E-state index contributed by atoms with van der Waals surface area (Å²) in [5.41, 5.74) is 4.85. The minimum Gasteiger partial charge on any atom is -0.222 e. The van der Waals surface area contributed by atoms with Crippen molar-refractivity contribution in [3.05, 3.63) is 66.1 Å². The van der Waals surface area contributed by atoms with Gasteiger partial charge in [-0.15, -0.1) is 15.3 Å². The van der Waals surface area contributed by atoms with Crippen molar-refractivity contribution in [1.82, 2.24) is 10.2 Å². The number of rotatable bonds is 2. The minimum absolute atomic E-state index is 0.995. The second-order valence-corrected chi connectivity index (χ2v) is 5.80. The van der Waals surface area contributed by atoms with Gasteiger partial charge in [-0.3, -0.25) is 0 Å². The molecule has 1 N–H and O–H groups in total. The lowest BCUT2D eigenvalue weighted by molar-refractivity contribution is -2.00. The molecule has 7 nitrogen and oxygen atoms in total. The van der Waals surface area contributed by atoms with Crippen LogP contribution in [0.5, 0.6) is 0 Å². The van der Waals surface area contributed by atoms with Crippen LogP contribution >= 0.6 is 0 Å². The first-order valence-corrected chi connectivity index (χ1v) is 8.19. The standard InChI is InChI=1S/C16H16N3.ClHO4/c1-12-10-15(14-6-4-3-5-7-14)11-13(2)19(12)16-8-9-17-18-16;2-1(3,4)5/h3-11H,1-2H3,(H,17,18);(H,2,3,4,5)/q+1;/p-1. The normalized spacial score (nSPS) is 10.9. The maximum atomic E-state index is 8.49. The van der Waals surface area contributed by atoms with E-state index in [1.807, 2.05) is 12.1 Å². The van der Waals surface area contributed by atoms with Gasteiger partial charge >= 0.3 is 5.82 Å². The molecule has 0 fully saturated rings. The fourth-order valence-electron chi connectivity index (χ4n) is 2.45. The summed E-state index contributed by atoms with van der Waals surface area (Å²) in [7, 11) is -4.94. The molecular weight excluding hydrogens is 334 g/mol. The predicted octanol–water partition coefficient (Wildman–Crippen LogP) is -1.79. The van der Waals surface area contributed by atoms with Crippen LogP contribution in [0.15, 0.2) is 54.7 Å². The summed E-state index contributed by atoms with van der Waals surface area (Å²) < 4.78 is 36.1. The predicted molar refractivity (Wildman–Crippen MR) is 75.0 cm³/mol. The molecule has 0 atom stereocenters. The van der Waals surface area contributed by atoms with E-state index >= 15 is 0 Å². The topological polar surface area (TPSA) is 125 Å². The zero-order valence-electron chi connectivity index (χ0n) is 13.1. The summed E-state index contributed by atoms with van der Waals surface area (Å²) >= 11 is 0. The molecule has 0 bridgehead atoms. The minimum atomic E-state index is -4.94. The second-order valence-electron chi connectivity index (χ2n) is 5.05. The Morgan fingerprint density at radius 1 is 0.875 bits per heavy atom. The van der Waals surface area contributed by atoms with Crippen LogP contribution in [0.25, 0.3) is 16.9 Å². The maximum absolute atomic E-state index is 8.49. The lowest BCUT2D eigenvalue weighted by Crippen LogP contribution is -2.68. The van der Waals surface area contributed by atoms with Gasteiger partial charge < -0.3 is 0 Å². The number of nitrogens with zero attached hydrogens (tertiary/aromatic N) is 2. The van der Waals surface area contributed by atoms with E-state index < -0.39 is 10.2 Å². The van der Waals surface area contributed by atoms with Crippen molar-refractivity contribution in [2.75, 3.05) is 0 Å². The van der Waals surface area contributed by atoms with Crippen LogP contribution < -0.4 is 23.2 Å². The van der Waals surface area contributed by atoms with Crippen molar-refractivity contribution < 1.29 is 33.4 Å². The first-order valence-electron chi connectivity index (χ1n) is 6.96. The van der Waals surface area contributed by atoms with E-state index in [1.54, 1.807) is 6.20 Å². The number of pyridine rings is 1. The van der Waals surface area contributed by atoms with Gasteiger partial charge in [0.05, 0.1) is 12.3 Å². The number of hydrogen-bond donors (Lipinski definition) is 1. The van der Waals surface area contributed by atoms with E-state index in [0.717, 1.165) is 5.82 Å². The Bertz CT molecular complexity index is 758. The molecule has 0 saturated heterocycles. The third kappa shape index (κ3) is 5.12. The highest BCUT2D eigenvalue weighted by Gasteiger charge is 2.14. The van der Waals surface area contributed by atoms with E-state index in [2.05, 4.69) is 65.0 Å². The number of halogens is 1. The molecular formula is C16H16ClN3O4. The number of nitrogens with one attached hydrogen (secondary N) is 1. The van der Waals surface area contributed by atoms with Gasteiger partial charge in [0.15, 0.2) is 0 Å². The summed E-state index contributed by atoms with van der Waals surface area (Å²) in [6.45, 7) is 4.22. The van der Waals surface area contributed by atoms with Gasteiger partial charge in [-0.05, 0) is 37.1 Å². The average Bonchev–Trinajstić information content (AvgIpc) is 2.99. The Morgan fingerprint density at radius 2 is 1.42 bits per heavy atom. The SMILES string of the molecule is Cc1cc(-c2ccccc2)cc(C)[n+]1-c1ccn[nH]1.[O-][Cl+3]([O-])([O-])[O-]. The molecule has 1 aromatic carbocycles. The summed E-state index contributed by atoms with van der Waals surface area (Å²) in [4.78, 5) is 0. The molecule has 3 aromatic rings.